The van der Waals surface area contributed by atoms with Gasteiger partial charge in [0.25, 0.3) is 5.91 Å². The Morgan fingerprint density at radius 2 is 1.85 bits per heavy atom. The molecule has 0 unspecified atom stereocenters. The first-order valence-corrected chi connectivity index (χ1v) is 9.22. The van der Waals surface area contributed by atoms with Crippen LogP contribution in [-0.4, -0.2) is 25.1 Å². The van der Waals surface area contributed by atoms with E-state index in [-0.39, 0.29) is 13.0 Å². The van der Waals surface area contributed by atoms with E-state index in [2.05, 4.69) is 5.32 Å². The quantitative estimate of drug-likeness (QED) is 0.494. The van der Waals surface area contributed by atoms with E-state index in [0.29, 0.717) is 34.5 Å². The topological polar surface area (TPSA) is 64.6 Å². The van der Waals surface area contributed by atoms with E-state index in [1.807, 2.05) is 13.0 Å². The number of halogens is 2. The third kappa shape index (κ3) is 6.77. The van der Waals surface area contributed by atoms with Gasteiger partial charge in [0.05, 0.1) is 6.61 Å². The van der Waals surface area contributed by atoms with Crippen LogP contribution in [-0.2, 0) is 14.3 Å². The number of aryl methyl sites for hydroxylation is 1. The Bertz CT molecular complexity index is 824. The molecule has 7 heteroatoms. The van der Waals surface area contributed by atoms with Gasteiger partial charge in [-0.3, -0.25) is 9.59 Å². The maximum atomic E-state index is 11.9. The lowest BCUT2D eigenvalue weighted by Crippen LogP contribution is -2.21. The Labute approximate surface area is 168 Å². The lowest BCUT2D eigenvalue weighted by Gasteiger charge is -2.10. The normalized spacial score (nSPS) is 10.4. The average Bonchev–Trinajstić information content (AvgIpc) is 2.64. The molecule has 2 aromatic carbocycles. The zero-order chi connectivity index (χ0) is 19.8. The Kier molecular flexibility index (Phi) is 7.95. The van der Waals surface area contributed by atoms with Crippen LogP contribution in [0.4, 0.5) is 5.69 Å². The standard InChI is InChI=1S/C20H21Cl2NO4/c1-13-11-15(8-9-16(13)21)26-10-4-7-20(25)27-12-19(24)23-18-6-3-5-17(22)14(18)2/h3,5-6,8-9,11H,4,7,10,12H2,1-2H3,(H,23,24). The number of carbonyl (C=O) groups is 2. The van der Waals surface area contributed by atoms with Gasteiger partial charge in [-0.15, -0.1) is 0 Å². The third-order valence-corrected chi connectivity index (χ3v) is 4.66. The van der Waals surface area contributed by atoms with Crippen molar-refractivity contribution in [2.75, 3.05) is 18.5 Å². The molecule has 5 nitrogen and oxygen atoms in total. The van der Waals surface area contributed by atoms with Gasteiger partial charge >= 0.3 is 5.97 Å². The van der Waals surface area contributed by atoms with E-state index in [9.17, 15) is 9.59 Å². The van der Waals surface area contributed by atoms with Gasteiger partial charge in [0.15, 0.2) is 6.61 Å². The summed E-state index contributed by atoms with van der Waals surface area (Å²) in [4.78, 5) is 23.6. The molecule has 144 valence electrons. The highest BCUT2D eigenvalue weighted by molar-refractivity contribution is 6.32. The van der Waals surface area contributed by atoms with Crippen LogP contribution in [0.3, 0.4) is 0 Å². The molecular formula is C20H21Cl2NO4. The maximum absolute atomic E-state index is 11.9. The molecule has 0 aromatic heterocycles. The van der Waals surface area contributed by atoms with Crippen molar-refractivity contribution in [3.63, 3.8) is 0 Å². The lowest BCUT2D eigenvalue weighted by molar-refractivity contribution is -0.147. The summed E-state index contributed by atoms with van der Waals surface area (Å²) in [5.41, 5.74) is 2.28. The average molecular weight is 410 g/mol. The Morgan fingerprint density at radius 1 is 1.07 bits per heavy atom. The van der Waals surface area contributed by atoms with Gasteiger partial charge in [-0.25, -0.2) is 0 Å². The lowest BCUT2D eigenvalue weighted by atomic mass is 10.2. The Balaban J connectivity index is 1.66. The van der Waals surface area contributed by atoms with Crippen molar-refractivity contribution in [2.24, 2.45) is 0 Å². The summed E-state index contributed by atoms with van der Waals surface area (Å²) in [7, 11) is 0. The van der Waals surface area contributed by atoms with E-state index < -0.39 is 11.9 Å². The molecule has 0 fully saturated rings. The molecule has 0 radical (unpaired) electrons. The van der Waals surface area contributed by atoms with Crippen LogP contribution < -0.4 is 10.1 Å². The fourth-order valence-corrected chi connectivity index (χ4v) is 2.55. The molecule has 2 aromatic rings. The van der Waals surface area contributed by atoms with Gasteiger partial charge < -0.3 is 14.8 Å². The second kappa shape index (κ2) is 10.2. The molecule has 2 rings (SSSR count). The van der Waals surface area contributed by atoms with E-state index in [0.717, 1.165) is 11.1 Å². The fraction of sp³-hybridized carbons (Fsp3) is 0.300. The summed E-state index contributed by atoms with van der Waals surface area (Å²) in [6.07, 6.45) is 0.644. The predicted molar refractivity (Wildman–Crippen MR) is 107 cm³/mol. The van der Waals surface area contributed by atoms with E-state index in [1.54, 1.807) is 37.3 Å². The number of amides is 1. The third-order valence-electron chi connectivity index (χ3n) is 3.83. The van der Waals surface area contributed by atoms with Crippen molar-refractivity contribution in [3.05, 3.63) is 57.6 Å². The Hall–Kier alpha value is -2.24. The Morgan fingerprint density at radius 3 is 2.59 bits per heavy atom. The largest absolute Gasteiger partial charge is 0.494 e. The summed E-state index contributed by atoms with van der Waals surface area (Å²) in [5.74, 6) is -0.174. The van der Waals surface area contributed by atoms with Crippen LogP contribution in [0.2, 0.25) is 10.0 Å². The number of anilines is 1. The van der Waals surface area contributed by atoms with Gasteiger partial charge in [0.1, 0.15) is 5.75 Å². The van der Waals surface area contributed by atoms with Crippen molar-refractivity contribution in [3.8, 4) is 5.75 Å². The van der Waals surface area contributed by atoms with Crippen LogP contribution >= 0.6 is 23.2 Å². The number of benzene rings is 2. The van der Waals surface area contributed by atoms with Crippen LogP contribution in [0.1, 0.15) is 24.0 Å². The van der Waals surface area contributed by atoms with Gasteiger partial charge in [-0.2, -0.15) is 0 Å². The number of carbonyl (C=O) groups excluding carboxylic acids is 2. The molecular weight excluding hydrogens is 389 g/mol. The molecule has 0 aliphatic heterocycles. The van der Waals surface area contributed by atoms with E-state index in [4.69, 9.17) is 32.7 Å². The molecule has 0 bridgehead atoms. The van der Waals surface area contributed by atoms with Crippen LogP contribution in [0, 0.1) is 13.8 Å². The fourth-order valence-electron chi connectivity index (χ4n) is 2.26. The van der Waals surface area contributed by atoms with Crippen molar-refractivity contribution in [1.29, 1.82) is 0 Å². The van der Waals surface area contributed by atoms with Crippen LogP contribution in [0.15, 0.2) is 36.4 Å². The molecule has 0 saturated heterocycles. The van der Waals surface area contributed by atoms with Crippen LogP contribution in [0.5, 0.6) is 5.75 Å². The number of esters is 1. The van der Waals surface area contributed by atoms with Crippen LogP contribution in [0.25, 0.3) is 0 Å². The number of rotatable bonds is 8. The molecule has 0 aliphatic carbocycles. The first kappa shape index (κ1) is 21.1. The minimum absolute atomic E-state index is 0.163. The van der Waals surface area contributed by atoms with Gasteiger partial charge in [0.2, 0.25) is 0 Å². The summed E-state index contributed by atoms with van der Waals surface area (Å²) >= 11 is 12.0. The SMILES string of the molecule is Cc1cc(OCCCC(=O)OCC(=O)Nc2cccc(Cl)c2C)ccc1Cl. The minimum atomic E-state index is -0.455. The molecule has 1 N–H and O–H groups in total. The molecule has 0 aliphatic rings. The summed E-state index contributed by atoms with van der Waals surface area (Å²) < 4.78 is 10.5. The zero-order valence-electron chi connectivity index (χ0n) is 15.2. The highest BCUT2D eigenvalue weighted by Gasteiger charge is 2.10. The zero-order valence-corrected chi connectivity index (χ0v) is 16.7. The van der Waals surface area contributed by atoms with Gasteiger partial charge in [-0.05, 0) is 61.7 Å². The summed E-state index contributed by atoms with van der Waals surface area (Å²) in [5, 5.41) is 3.90. The van der Waals surface area contributed by atoms with Crippen molar-refractivity contribution >= 4 is 40.8 Å². The van der Waals surface area contributed by atoms with Crippen molar-refractivity contribution < 1.29 is 19.1 Å². The summed E-state index contributed by atoms with van der Waals surface area (Å²) in [6.45, 7) is 3.71. The molecule has 0 heterocycles. The molecule has 0 saturated carbocycles. The monoisotopic (exact) mass is 409 g/mol. The molecule has 1 amide bonds. The number of hydrogen-bond acceptors (Lipinski definition) is 4. The summed E-state index contributed by atoms with van der Waals surface area (Å²) in [6, 6.07) is 10.6. The highest BCUT2D eigenvalue weighted by atomic mass is 35.5. The van der Waals surface area contributed by atoms with Crippen molar-refractivity contribution in [2.45, 2.75) is 26.7 Å². The number of nitrogens with one attached hydrogen (secondary N) is 1. The van der Waals surface area contributed by atoms with E-state index >= 15 is 0 Å². The van der Waals surface area contributed by atoms with Gasteiger partial charge in [-0.1, -0.05) is 29.3 Å². The van der Waals surface area contributed by atoms with Crippen molar-refractivity contribution in [1.82, 2.24) is 0 Å². The maximum Gasteiger partial charge on any atom is 0.306 e. The molecule has 27 heavy (non-hydrogen) atoms. The van der Waals surface area contributed by atoms with E-state index in [1.165, 1.54) is 0 Å². The predicted octanol–water partition coefficient (Wildman–Crippen LogP) is 4.95. The highest BCUT2D eigenvalue weighted by Crippen LogP contribution is 2.23. The smallest absolute Gasteiger partial charge is 0.306 e. The second-order valence-corrected chi connectivity index (χ2v) is 6.80. The second-order valence-electron chi connectivity index (χ2n) is 5.98. The molecule has 0 spiro atoms. The molecule has 0 atom stereocenters. The first-order chi connectivity index (χ1) is 12.9. The van der Waals surface area contributed by atoms with Gasteiger partial charge in [0, 0.05) is 22.2 Å². The number of ether oxygens (including phenoxy) is 2. The first-order valence-electron chi connectivity index (χ1n) is 8.46. The minimum Gasteiger partial charge on any atom is -0.494 e. The number of hydrogen-bond donors (Lipinski definition) is 1.